The third-order valence-electron chi connectivity index (χ3n) is 1.26. The van der Waals surface area contributed by atoms with Gasteiger partial charge in [0.15, 0.2) is 0 Å². The van der Waals surface area contributed by atoms with E-state index in [0.29, 0.717) is 11.1 Å². The average Bonchev–Trinajstić information content (AvgIpc) is 1.85. The first kappa shape index (κ1) is 8.47. The molecule has 0 aromatic carbocycles. The van der Waals surface area contributed by atoms with E-state index < -0.39 is 0 Å². The molecule has 2 nitrogen and oxygen atoms in total. The van der Waals surface area contributed by atoms with Gasteiger partial charge in [-0.05, 0) is 12.0 Å². The Morgan fingerprint density at radius 3 is 2.82 bits per heavy atom. The average molecular weight is 171 g/mol. The van der Waals surface area contributed by atoms with Gasteiger partial charge >= 0.3 is 0 Å². The van der Waals surface area contributed by atoms with Crippen LogP contribution in [0.2, 0.25) is 5.15 Å². The Bertz CT molecular complexity index is 235. The summed E-state index contributed by atoms with van der Waals surface area (Å²) in [5.41, 5.74) is 0. The zero-order valence-corrected chi connectivity index (χ0v) is 7.47. The summed E-state index contributed by atoms with van der Waals surface area (Å²) in [6.45, 7) is 4.26. The van der Waals surface area contributed by atoms with E-state index in [-0.39, 0.29) is 0 Å². The molecule has 0 spiro atoms. The molecule has 11 heavy (non-hydrogen) atoms. The Morgan fingerprint density at radius 2 is 2.27 bits per heavy atom. The van der Waals surface area contributed by atoms with Crippen LogP contribution in [0.1, 0.15) is 19.7 Å². The highest BCUT2D eigenvalue weighted by atomic mass is 35.5. The van der Waals surface area contributed by atoms with Crippen molar-refractivity contribution in [3.63, 3.8) is 0 Å². The van der Waals surface area contributed by atoms with Gasteiger partial charge in [0.2, 0.25) is 0 Å². The van der Waals surface area contributed by atoms with Crippen LogP contribution in [0.5, 0.6) is 0 Å². The fraction of sp³-hybridized carbons (Fsp3) is 0.500. The molecular weight excluding hydrogens is 160 g/mol. The third kappa shape index (κ3) is 2.85. The van der Waals surface area contributed by atoms with Crippen LogP contribution in [0.15, 0.2) is 12.3 Å². The van der Waals surface area contributed by atoms with Crippen molar-refractivity contribution < 1.29 is 0 Å². The fourth-order valence-corrected chi connectivity index (χ4v) is 0.992. The minimum atomic E-state index is 0.524. The van der Waals surface area contributed by atoms with Gasteiger partial charge in [0.25, 0.3) is 0 Å². The zero-order chi connectivity index (χ0) is 8.27. The summed E-state index contributed by atoms with van der Waals surface area (Å²) in [6, 6.07) is 1.69. The lowest BCUT2D eigenvalue weighted by Gasteiger charge is -2.01. The van der Waals surface area contributed by atoms with Gasteiger partial charge in [0, 0.05) is 12.6 Å². The van der Waals surface area contributed by atoms with Crippen molar-refractivity contribution in [2.75, 3.05) is 0 Å². The Hall–Kier alpha value is -0.630. The number of halogens is 1. The second-order valence-corrected chi connectivity index (χ2v) is 3.28. The van der Waals surface area contributed by atoms with Crippen LogP contribution in [0, 0.1) is 5.92 Å². The molecule has 0 saturated carbocycles. The van der Waals surface area contributed by atoms with Crippen molar-refractivity contribution in [3.05, 3.63) is 23.2 Å². The van der Waals surface area contributed by atoms with E-state index in [2.05, 4.69) is 23.8 Å². The van der Waals surface area contributed by atoms with Gasteiger partial charge < -0.3 is 0 Å². The van der Waals surface area contributed by atoms with E-state index >= 15 is 0 Å². The molecule has 0 radical (unpaired) electrons. The summed E-state index contributed by atoms with van der Waals surface area (Å²) in [4.78, 5) is 8.15. The Balaban J connectivity index is 2.71. The minimum absolute atomic E-state index is 0.524. The summed E-state index contributed by atoms with van der Waals surface area (Å²) in [6.07, 6.45) is 2.58. The summed E-state index contributed by atoms with van der Waals surface area (Å²) < 4.78 is 0. The Labute approximate surface area is 71.6 Å². The topological polar surface area (TPSA) is 25.8 Å². The van der Waals surface area contributed by atoms with E-state index in [1.165, 1.54) is 0 Å². The largest absolute Gasteiger partial charge is 0.241 e. The van der Waals surface area contributed by atoms with Crippen LogP contribution in [0.4, 0.5) is 0 Å². The molecule has 0 unspecified atom stereocenters. The third-order valence-corrected chi connectivity index (χ3v) is 1.47. The number of hydrogen-bond acceptors (Lipinski definition) is 2. The van der Waals surface area contributed by atoms with Crippen molar-refractivity contribution >= 4 is 11.6 Å². The standard InChI is InChI=1S/C8H11ClN2/c1-6(2)5-8-10-4-3-7(9)11-8/h3-4,6H,5H2,1-2H3. The van der Waals surface area contributed by atoms with Crippen LogP contribution < -0.4 is 0 Å². The van der Waals surface area contributed by atoms with E-state index in [1.807, 2.05) is 0 Å². The van der Waals surface area contributed by atoms with E-state index in [9.17, 15) is 0 Å². The second kappa shape index (κ2) is 3.67. The molecule has 1 aromatic heterocycles. The van der Waals surface area contributed by atoms with Gasteiger partial charge in [-0.1, -0.05) is 25.4 Å². The first-order chi connectivity index (χ1) is 5.18. The molecule has 0 aliphatic carbocycles. The fourth-order valence-electron chi connectivity index (χ4n) is 0.838. The normalized spacial score (nSPS) is 10.5. The van der Waals surface area contributed by atoms with Crippen molar-refractivity contribution in [1.29, 1.82) is 0 Å². The van der Waals surface area contributed by atoms with Gasteiger partial charge in [-0.25, -0.2) is 9.97 Å². The lowest BCUT2D eigenvalue weighted by atomic mass is 10.1. The maximum absolute atomic E-state index is 5.68. The number of nitrogens with zero attached hydrogens (tertiary/aromatic N) is 2. The number of hydrogen-bond donors (Lipinski definition) is 0. The first-order valence-electron chi connectivity index (χ1n) is 3.66. The van der Waals surface area contributed by atoms with Gasteiger partial charge in [0.1, 0.15) is 11.0 Å². The molecule has 0 atom stereocenters. The highest BCUT2D eigenvalue weighted by molar-refractivity contribution is 6.29. The molecule has 60 valence electrons. The predicted molar refractivity (Wildman–Crippen MR) is 45.6 cm³/mol. The van der Waals surface area contributed by atoms with E-state index in [1.54, 1.807) is 12.3 Å². The molecule has 0 aliphatic rings. The van der Waals surface area contributed by atoms with Crippen molar-refractivity contribution in [2.45, 2.75) is 20.3 Å². The Kier molecular flexibility index (Phi) is 2.83. The molecule has 0 aliphatic heterocycles. The molecule has 1 rings (SSSR count). The van der Waals surface area contributed by atoms with Crippen molar-refractivity contribution in [2.24, 2.45) is 5.92 Å². The predicted octanol–water partition coefficient (Wildman–Crippen LogP) is 2.33. The highest BCUT2D eigenvalue weighted by Gasteiger charge is 1.99. The number of aromatic nitrogens is 2. The summed E-state index contributed by atoms with van der Waals surface area (Å²) in [7, 11) is 0. The lowest BCUT2D eigenvalue weighted by Crippen LogP contribution is -1.99. The molecule has 0 amide bonds. The van der Waals surface area contributed by atoms with Crippen LogP contribution in [0.3, 0.4) is 0 Å². The van der Waals surface area contributed by atoms with Gasteiger partial charge in [-0.15, -0.1) is 0 Å². The highest BCUT2D eigenvalue weighted by Crippen LogP contribution is 2.06. The maximum atomic E-state index is 5.68. The molecule has 3 heteroatoms. The summed E-state index contributed by atoms with van der Waals surface area (Å²) >= 11 is 5.68. The first-order valence-corrected chi connectivity index (χ1v) is 4.03. The van der Waals surface area contributed by atoms with Crippen LogP contribution in [-0.4, -0.2) is 9.97 Å². The van der Waals surface area contributed by atoms with Crippen molar-refractivity contribution in [1.82, 2.24) is 9.97 Å². The molecular formula is C8H11ClN2. The maximum Gasteiger partial charge on any atom is 0.132 e. The lowest BCUT2D eigenvalue weighted by molar-refractivity contribution is 0.620. The molecule has 1 heterocycles. The summed E-state index contributed by atoms with van der Waals surface area (Å²) in [5.74, 6) is 1.40. The SMILES string of the molecule is CC(C)Cc1nccc(Cl)n1. The van der Waals surface area contributed by atoms with Crippen LogP contribution in [-0.2, 0) is 6.42 Å². The summed E-state index contributed by atoms with van der Waals surface area (Å²) in [5, 5.41) is 0.524. The molecule has 0 saturated heterocycles. The van der Waals surface area contributed by atoms with Gasteiger partial charge in [0.05, 0.1) is 0 Å². The van der Waals surface area contributed by atoms with E-state index in [0.717, 1.165) is 12.2 Å². The second-order valence-electron chi connectivity index (χ2n) is 2.89. The minimum Gasteiger partial charge on any atom is -0.241 e. The quantitative estimate of drug-likeness (QED) is 0.637. The monoisotopic (exact) mass is 170 g/mol. The smallest absolute Gasteiger partial charge is 0.132 e. The molecule has 0 fully saturated rings. The van der Waals surface area contributed by atoms with Gasteiger partial charge in [-0.3, -0.25) is 0 Å². The number of rotatable bonds is 2. The molecule has 0 bridgehead atoms. The van der Waals surface area contributed by atoms with Gasteiger partial charge in [-0.2, -0.15) is 0 Å². The van der Waals surface area contributed by atoms with E-state index in [4.69, 9.17) is 11.6 Å². The van der Waals surface area contributed by atoms with Crippen LogP contribution >= 0.6 is 11.6 Å². The molecule has 1 aromatic rings. The van der Waals surface area contributed by atoms with Crippen molar-refractivity contribution in [3.8, 4) is 0 Å². The van der Waals surface area contributed by atoms with Crippen LogP contribution in [0.25, 0.3) is 0 Å². The molecule has 0 N–H and O–H groups in total. The zero-order valence-electron chi connectivity index (χ0n) is 6.71. The Morgan fingerprint density at radius 1 is 1.55 bits per heavy atom.